The Morgan fingerprint density at radius 3 is 2.38 bits per heavy atom. The molecule has 0 atom stereocenters. The van der Waals surface area contributed by atoms with E-state index in [9.17, 15) is 4.39 Å². The molecule has 0 aliphatic rings. The first-order valence-electron chi connectivity index (χ1n) is 5.86. The number of rotatable bonds is 7. The van der Waals surface area contributed by atoms with Gasteiger partial charge >= 0.3 is 0 Å². The lowest BCUT2D eigenvalue weighted by molar-refractivity contribution is 0.304. The molecule has 0 N–H and O–H groups in total. The largest absolute Gasteiger partial charge is 0.494 e. The van der Waals surface area contributed by atoms with Crippen LogP contribution in [0.5, 0.6) is 5.75 Å². The zero-order valence-corrected chi connectivity index (χ0v) is 10.1. The van der Waals surface area contributed by atoms with Crippen molar-refractivity contribution < 1.29 is 9.13 Å². The first-order valence-corrected chi connectivity index (χ1v) is 5.86. The van der Waals surface area contributed by atoms with Crippen LogP contribution in [0.25, 0.3) is 0 Å². The highest BCUT2D eigenvalue weighted by Crippen LogP contribution is 2.13. The maximum absolute atomic E-state index is 12.6. The molecule has 1 nitrogen and oxygen atoms in total. The fraction of sp³-hybridized carbons (Fsp3) is 0.500. The van der Waals surface area contributed by atoms with E-state index in [0.717, 1.165) is 12.2 Å². The second-order valence-electron chi connectivity index (χ2n) is 4.32. The molecule has 2 heteroatoms. The molecule has 0 unspecified atom stereocenters. The van der Waals surface area contributed by atoms with Crippen molar-refractivity contribution in [3.63, 3.8) is 0 Å². The van der Waals surface area contributed by atoms with Gasteiger partial charge in [0.2, 0.25) is 0 Å². The van der Waals surface area contributed by atoms with E-state index < -0.39 is 0 Å². The molecule has 0 aliphatic carbocycles. The van der Waals surface area contributed by atoms with Gasteiger partial charge in [-0.1, -0.05) is 26.7 Å². The maximum Gasteiger partial charge on any atom is 0.123 e. The van der Waals surface area contributed by atoms with E-state index in [-0.39, 0.29) is 5.82 Å². The predicted octanol–water partition coefficient (Wildman–Crippen LogP) is 4.38. The lowest BCUT2D eigenvalue weighted by atomic mass is 10.1. The van der Waals surface area contributed by atoms with E-state index in [0.29, 0.717) is 6.61 Å². The van der Waals surface area contributed by atoms with Crippen molar-refractivity contribution in [2.45, 2.75) is 39.5 Å². The van der Waals surface area contributed by atoms with Crippen molar-refractivity contribution in [1.29, 1.82) is 0 Å². The number of benzene rings is 1. The smallest absolute Gasteiger partial charge is 0.123 e. The molecule has 0 bridgehead atoms. The summed E-state index contributed by atoms with van der Waals surface area (Å²) in [5, 5.41) is 0. The van der Waals surface area contributed by atoms with Crippen LogP contribution < -0.4 is 4.74 Å². The summed E-state index contributed by atoms with van der Waals surface area (Å²) in [6.07, 6.45) is 4.68. The van der Waals surface area contributed by atoms with Gasteiger partial charge in [-0.05, 0) is 43.0 Å². The summed E-state index contributed by atoms with van der Waals surface area (Å²) < 4.78 is 18.1. The van der Waals surface area contributed by atoms with Crippen LogP contribution in [0.2, 0.25) is 0 Å². The molecule has 1 aromatic rings. The molecule has 0 spiro atoms. The molecule has 0 aromatic heterocycles. The lowest BCUT2D eigenvalue weighted by Gasteiger charge is -2.06. The highest BCUT2D eigenvalue weighted by molar-refractivity contribution is 5.21. The highest BCUT2D eigenvalue weighted by atomic mass is 19.1. The lowest BCUT2D eigenvalue weighted by Crippen LogP contribution is -1.97. The molecule has 1 rings (SSSR count). The minimum Gasteiger partial charge on any atom is -0.494 e. The third-order valence-corrected chi connectivity index (χ3v) is 2.40. The van der Waals surface area contributed by atoms with Crippen molar-refractivity contribution in [2.75, 3.05) is 6.61 Å². The van der Waals surface area contributed by atoms with E-state index >= 15 is 0 Å². The van der Waals surface area contributed by atoms with E-state index in [4.69, 9.17) is 4.74 Å². The van der Waals surface area contributed by atoms with Crippen LogP contribution in [0.3, 0.4) is 0 Å². The molecule has 0 saturated heterocycles. The zero-order valence-electron chi connectivity index (χ0n) is 10.1. The van der Waals surface area contributed by atoms with Crippen LogP contribution in [-0.4, -0.2) is 6.61 Å². The van der Waals surface area contributed by atoms with Gasteiger partial charge in [-0.2, -0.15) is 0 Å². The van der Waals surface area contributed by atoms with Crippen LogP contribution in [0.4, 0.5) is 4.39 Å². The predicted molar refractivity (Wildman–Crippen MR) is 65.0 cm³/mol. The quantitative estimate of drug-likeness (QED) is 0.623. The van der Waals surface area contributed by atoms with E-state index in [2.05, 4.69) is 13.8 Å². The first-order chi connectivity index (χ1) is 7.68. The number of hydrogen-bond acceptors (Lipinski definition) is 1. The van der Waals surface area contributed by atoms with E-state index in [1.807, 2.05) is 0 Å². The fourth-order valence-electron chi connectivity index (χ4n) is 1.48. The molecule has 89 valence electrons. The van der Waals surface area contributed by atoms with Crippen LogP contribution in [-0.2, 0) is 0 Å². The summed E-state index contributed by atoms with van der Waals surface area (Å²) in [6, 6.07) is 6.17. The van der Waals surface area contributed by atoms with Crippen molar-refractivity contribution in [1.82, 2.24) is 0 Å². The Morgan fingerprint density at radius 2 is 1.75 bits per heavy atom. The van der Waals surface area contributed by atoms with Gasteiger partial charge in [0, 0.05) is 0 Å². The minimum atomic E-state index is -0.221. The monoisotopic (exact) mass is 223 g/mol. The third-order valence-electron chi connectivity index (χ3n) is 2.40. The molecular formula is C14H20FO. The fourth-order valence-corrected chi connectivity index (χ4v) is 1.48. The summed E-state index contributed by atoms with van der Waals surface area (Å²) in [5.41, 5.74) is 0. The molecule has 1 aromatic carbocycles. The molecular weight excluding hydrogens is 203 g/mol. The Labute approximate surface area is 97.6 Å². The molecule has 0 saturated carbocycles. The molecule has 0 amide bonds. The first kappa shape index (κ1) is 13.0. The average Bonchev–Trinajstić information content (AvgIpc) is 2.25. The van der Waals surface area contributed by atoms with Gasteiger partial charge in [-0.25, -0.2) is 4.39 Å². The van der Waals surface area contributed by atoms with Crippen LogP contribution in [0, 0.1) is 11.7 Å². The second-order valence-corrected chi connectivity index (χ2v) is 4.32. The standard InChI is InChI=1S/C14H20FO/c1-12(2)6-4-3-5-11-16-14-9-7-13(15)8-10-14/h7-10H,3-6,11H2,1-2H3. The number of ether oxygens (including phenoxy) is 1. The van der Waals surface area contributed by atoms with Crippen molar-refractivity contribution in [2.24, 2.45) is 0 Å². The molecule has 1 radical (unpaired) electrons. The number of hydrogen-bond donors (Lipinski definition) is 0. The Balaban J connectivity index is 2.05. The summed E-state index contributed by atoms with van der Waals surface area (Å²) >= 11 is 0. The van der Waals surface area contributed by atoms with Crippen LogP contribution >= 0.6 is 0 Å². The Morgan fingerprint density at radius 1 is 1.06 bits per heavy atom. The number of unbranched alkanes of at least 4 members (excludes halogenated alkanes) is 2. The summed E-state index contributed by atoms with van der Waals surface area (Å²) in [4.78, 5) is 0. The molecule has 0 aliphatic heterocycles. The average molecular weight is 223 g/mol. The van der Waals surface area contributed by atoms with Gasteiger partial charge in [0.25, 0.3) is 0 Å². The van der Waals surface area contributed by atoms with Crippen molar-refractivity contribution in [3.8, 4) is 5.75 Å². The van der Waals surface area contributed by atoms with Gasteiger partial charge < -0.3 is 4.74 Å². The minimum absolute atomic E-state index is 0.221. The molecule has 0 heterocycles. The van der Waals surface area contributed by atoms with Gasteiger partial charge in [0.15, 0.2) is 0 Å². The van der Waals surface area contributed by atoms with Crippen molar-refractivity contribution in [3.05, 3.63) is 36.0 Å². The zero-order chi connectivity index (χ0) is 11.8. The van der Waals surface area contributed by atoms with E-state index in [1.165, 1.54) is 37.3 Å². The second kappa shape index (κ2) is 7.26. The molecule has 0 fully saturated rings. The Hall–Kier alpha value is -1.05. The van der Waals surface area contributed by atoms with E-state index in [1.54, 1.807) is 12.1 Å². The van der Waals surface area contributed by atoms with Crippen molar-refractivity contribution >= 4 is 0 Å². The summed E-state index contributed by atoms with van der Waals surface area (Å²) in [7, 11) is 0. The van der Waals surface area contributed by atoms with Crippen LogP contribution in [0.15, 0.2) is 24.3 Å². The Kier molecular flexibility index (Phi) is 5.91. The van der Waals surface area contributed by atoms with Gasteiger partial charge in [-0.3, -0.25) is 0 Å². The van der Waals surface area contributed by atoms with Gasteiger partial charge in [0.1, 0.15) is 11.6 Å². The SMILES string of the molecule is C[C](C)CCCCCOc1ccc(F)cc1. The maximum atomic E-state index is 12.6. The van der Waals surface area contributed by atoms with Gasteiger partial charge in [0.05, 0.1) is 6.61 Å². The van der Waals surface area contributed by atoms with Gasteiger partial charge in [-0.15, -0.1) is 0 Å². The highest BCUT2D eigenvalue weighted by Gasteiger charge is 1.96. The normalized spacial score (nSPS) is 10.8. The summed E-state index contributed by atoms with van der Waals surface area (Å²) in [5.74, 6) is 2.01. The molecule has 16 heavy (non-hydrogen) atoms. The topological polar surface area (TPSA) is 9.23 Å². The summed E-state index contributed by atoms with van der Waals surface area (Å²) in [6.45, 7) is 5.04. The Bertz CT molecular complexity index is 279. The number of halogens is 1. The van der Waals surface area contributed by atoms with Crippen LogP contribution in [0.1, 0.15) is 39.5 Å². The third kappa shape index (κ3) is 5.74.